The first-order valence-electron chi connectivity index (χ1n) is 8.18. The van der Waals surface area contributed by atoms with Gasteiger partial charge in [-0.1, -0.05) is 29.5 Å². The van der Waals surface area contributed by atoms with Gasteiger partial charge in [0.2, 0.25) is 0 Å². The Hall–Kier alpha value is -1.92. The van der Waals surface area contributed by atoms with E-state index in [0.717, 1.165) is 16.7 Å². The van der Waals surface area contributed by atoms with Crippen LogP contribution in [0.2, 0.25) is 0 Å². The number of carbonyl (C=O) groups is 1. The highest BCUT2D eigenvalue weighted by molar-refractivity contribution is 8.00. The minimum absolute atomic E-state index is 0.0311. The molecule has 0 amide bonds. The minimum atomic E-state index is -0.318. The van der Waals surface area contributed by atoms with Crippen molar-refractivity contribution in [3.8, 4) is 0 Å². The molecule has 2 heterocycles. The van der Waals surface area contributed by atoms with E-state index < -0.39 is 0 Å². The van der Waals surface area contributed by atoms with Gasteiger partial charge in [0.05, 0.1) is 10.8 Å². The Morgan fingerprint density at radius 1 is 1.32 bits per heavy atom. The Morgan fingerprint density at radius 2 is 2.08 bits per heavy atom. The number of carbonyl (C=O) groups excluding carboxylic acids is 1. The lowest BCUT2D eigenvalue weighted by Gasteiger charge is -2.15. The second-order valence-corrected chi connectivity index (χ2v) is 8.25. The van der Waals surface area contributed by atoms with Crippen molar-refractivity contribution in [2.45, 2.75) is 44.6 Å². The zero-order chi connectivity index (χ0) is 18.1. The first kappa shape index (κ1) is 17.9. The summed E-state index contributed by atoms with van der Waals surface area (Å²) < 4.78 is 2.32. The van der Waals surface area contributed by atoms with Crippen LogP contribution in [0.1, 0.15) is 35.3 Å². The van der Waals surface area contributed by atoms with Crippen molar-refractivity contribution >= 4 is 39.1 Å². The van der Waals surface area contributed by atoms with Gasteiger partial charge in [0, 0.05) is 12.1 Å². The zero-order valence-electron chi connectivity index (χ0n) is 14.7. The summed E-state index contributed by atoms with van der Waals surface area (Å²) in [4.78, 5) is 30.1. The lowest BCUT2D eigenvalue weighted by Crippen LogP contribution is -2.23. The molecular formula is C19H20N2O2S2. The van der Waals surface area contributed by atoms with Crippen LogP contribution in [0.3, 0.4) is 0 Å². The molecule has 0 spiro atoms. The van der Waals surface area contributed by atoms with Gasteiger partial charge in [-0.2, -0.15) is 0 Å². The number of rotatable bonds is 5. The predicted molar refractivity (Wildman–Crippen MR) is 105 cm³/mol. The van der Waals surface area contributed by atoms with Gasteiger partial charge in [-0.15, -0.1) is 11.3 Å². The van der Waals surface area contributed by atoms with Gasteiger partial charge in [0.1, 0.15) is 4.70 Å². The van der Waals surface area contributed by atoms with Gasteiger partial charge >= 0.3 is 0 Å². The van der Waals surface area contributed by atoms with E-state index in [4.69, 9.17) is 0 Å². The number of ketones is 1. The van der Waals surface area contributed by atoms with Gasteiger partial charge in [-0.05, 0) is 50.8 Å². The molecular weight excluding hydrogens is 352 g/mol. The average molecular weight is 373 g/mol. The van der Waals surface area contributed by atoms with Crippen molar-refractivity contribution < 1.29 is 4.79 Å². The molecule has 1 unspecified atom stereocenters. The second kappa shape index (κ2) is 7.14. The van der Waals surface area contributed by atoms with E-state index in [9.17, 15) is 9.59 Å². The van der Waals surface area contributed by atoms with Gasteiger partial charge in [-0.25, -0.2) is 4.98 Å². The summed E-state index contributed by atoms with van der Waals surface area (Å²) in [5.41, 5.74) is 3.44. The molecule has 0 aliphatic carbocycles. The number of thiophene rings is 1. The van der Waals surface area contributed by atoms with E-state index >= 15 is 0 Å². The molecule has 3 aromatic rings. The highest BCUT2D eigenvalue weighted by atomic mass is 32.2. The molecule has 0 radical (unpaired) electrons. The van der Waals surface area contributed by atoms with E-state index in [0.29, 0.717) is 21.9 Å². The highest BCUT2D eigenvalue weighted by Crippen LogP contribution is 2.27. The summed E-state index contributed by atoms with van der Waals surface area (Å²) in [6.45, 7) is 8.26. The maximum absolute atomic E-state index is 12.9. The third-order valence-electron chi connectivity index (χ3n) is 4.16. The summed E-state index contributed by atoms with van der Waals surface area (Å²) >= 11 is 2.76. The number of fused-ring (bicyclic) bond motifs is 1. The monoisotopic (exact) mass is 372 g/mol. The molecule has 130 valence electrons. The van der Waals surface area contributed by atoms with Crippen molar-refractivity contribution in [1.29, 1.82) is 0 Å². The third kappa shape index (κ3) is 3.41. The van der Waals surface area contributed by atoms with E-state index in [1.54, 1.807) is 4.57 Å². The molecule has 0 fully saturated rings. The van der Waals surface area contributed by atoms with E-state index in [1.165, 1.54) is 23.1 Å². The van der Waals surface area contributed by atoms with E-state index in [1.807, 2.05) is 57.3 Å². The molecule has 0 bridgehead atoms. The molecule has 0 saturated heterocycles. The van der Waals surface area contributed by atoms with Crippen molar-refractivity contribution in [3.05, 3.63) is 56.7 Å². The lowest BCUT2D eigenvalue weighted by atomic mass is 10.0. The van der Waals surface area contributed by atoms with Crippen molar-refractivity contribution in [2.24, 2.45) is 0 Å². The van der Waals surface area contributed by atoms with Crippen LogP contribution in [-0.4, -0.2) is 20.6 Å². The maximum Gasteiger partial charge on any atom is 0.272 e. The molecule has 2 aromatic heterocycles. The second-order valence-electron chi connectivity index (χ2n) is 6.02. The number of Topliss-reactive ketones (excluding diaryl/α,β-unsaturated/α-hetero) is 1. The number of nitrogens with zero attached hydrogens (tertiary/aromatic N) is 2. The number of aromatic nitrogens is 2. The summed E-state index contributed by atoms with van der Waals surface area (Å²) in [7, 11) is 0. The largest absolute Gasteiger partial charge is 0.293 e. The Kier molecular flexibility index (Phi) is 5.11. The standard InChI is InChI=1S/C19H20N2O2S2/c1-5-21-18(23)17-15(8-9-24-17)20-19(21)25-13(4)16(22)14-10-11(2)6-7-12(14)3/h6-10,13H,5H2,1-4H3. The molecule has 1 atom stereocenters. The number of hydrogen-bond donors (Lipinski definition) is 0. The fourth-order valence-corrected chi connectivity index (χ4v) is 4.54. The molecule has 0 aliphatic heterocycles. The topological polar surface area (TPSA) is 52.0 Å². The first-order valence-corrected chi connectivity index (χ1v) is 9.94. The number of thioether (sulfide) groups is 1. The van der Waals surface area contributed by atoms with Gasteiger partial charge in [-0.3, -0.25) is 14.2 Å². The van der Waals surface area contributed by atoms with Crippen LogP contribution in [0.25, 0.3) is 10.2 Å². The molecule has 3 rings (SSSR count). The van der Waals surface area contributed by atoms with Crippen LogP contribution in [0.15, 0.2) is 39.6 Å². The minimum Gasteiger partial charge on any atom is -0.293 e. The molecule has 25 heavy (non-hydrogen) atoms. The summed E-state index contributed by atoms with van der Waals surface area (Å²) in [6.07, 6.45) is 0. The quantitative estimate of drug-likeness (QED) is 0.377. The van der Waals surface area contributed by atoms with Gasteiger partial charge in [0.15, 0.2) is 10.9 Å². The molecule has 0 aliphatic rings. The SMILES string of the molecule is CCn1c(SC(C)C(=O)c2cc(C)ccc2C)nc2ccsc2c1=O. The lowest BCUT2D eigenvalue weighted by molar-refractivity contribution is 0.0993. The van der Waals surface area contributed by atoms with E-state index in [-0.39, 0.29) is 16.6 Å². The fourth-order valence-electron chi connectivity index (χ4n) is 2.72. The maximum atomic E-state index is 12.9. The number of hydrogen-bond acceptors (Lipinski definition) is 5. The number of benzene rings is 1. The molecule has 0 N–H and O–H groups in total. The highest BCUT2D eigenvalue weighted by Gasteiger charge is 2.21. The Balaban J connectivity index is 1.96. The molecule has 0 saturated carbocycles. The van der Waals surface area contributed by atoms with Gasteiger partial charge in [0.25, 0.3) is 5.56 Å². The predicted octanol–water partition coefficient (Wildman–Crippen LogP) is 4.46. The molecule has 1 aromatic carbocycles. The number of aryl methyl sites for hydroxylation is 2. The van der Waals surface area contributed by atoms with Crippen LogP contribution in [-0.2, 0) is 6.54 Å². The Labute approximate surface area is 154 Å². The third-order valence-corrected chi connectivity index (χ3v) is 6.14. The van der Waals surface area contributed by atoms with Crippen LogP contribution >= 0.6 is 23.1 Å². The summed E-state index contributed by atoms with van der Waals surface area (Å²) in [6, 6.07) is 7.75. The van der Waals surface area contributed by atoms with Gasteiger partial charge < -0.3 is 0 Å². The van der Waals surface area contributed by atoms with Crippen molar-refractivity contribution in [2.75, 3.05) is 0 Å². The van der Waals surface area contributed by atoms with Crippen LogP contribution in [0.4, 0.5) is 0 Å². The Morgan fingerprint density at radius 3 is 2.80 bits per heavy atom. The summed E-state index contributed by atoms with van der Waals surface area (Å²) in [5.74, 6) is 0.0634. The smallest absolute Gasteiger partial charge is 0.272 e. The van der Waals surface area contributed by atoms with Crippen molar-refractivity contribution in [1.82, 2.24) is 9.55 Å². The van der Waals surface area contributed by atoms with E-state index in [2.05, 4.69) is 4.98 Å². The zero-order valence-corrected chi connectivity index (χ0v) is 16.3. The first-order chi connectivity index (χ1) is 11.9. The van der Waals surface area contributed by atoms with Crippen LogP contribution in [0, 0.1) is 13.8 Å². The van der Waals surface area contributed by atoms with Crippen LogP contribution in [0.5, 0.6) is 0 Å². The molecule has 4 nitrogen and oxygen atoms in total. The summed E-state index contributed by atoms with van der Waals surface area (Å²) in [5, 5.41) is 2.16. The van der Waals surface area contributed by atoms with Crippen LogP contribution < -0.4 is 5.56 Å². The molecule has 6 heteroatoms. The normalized spacial score (nSPS) is 12.5. The fraction of sp³-hybridized carbons (Fsp3) is 0.316. The van der Waals surface area contributed by atoms with Crippen molar-refractivity contribution in [3.63, 3.8) is 0 Å². The Bertz CT molecular complexity index is 1000. The average Bonchev–Trinajstić information content (AvgIpc) is 3.05.